The van der Waals surface area contributed by atoms with Crippen LogP contribution in [-0.4, -0.2) is 131 Å². The fourth-order valence-corrected chi connectivity index (χ4v) is 9.08. The summed E-state index contributed by atoms with van der Waals surface area (Å²) in [4.78, 5) is 63.2. The molecule has 348 valence electrons. The first-order chi connectivity index (χ1) is 30.8. The minimum absolute atomic E-state index is 0.0439. The van der Waals surface area contributed by atoms with Crippen LogP contribution in [0.4, 0.5) is 0 Å². The number of allylic oxidation sites excluding steroid dienone is 1. The van der Waals surface area contributed by atoms with Crippen molar-refractivity contribution in [2.24, 2.45) is 0 Å². The van der Waals surface area contributed by atoms with Gasteiger partial charge in [-0.2, -0.15) is 0 Å². The lowest BCUT2D eigenvalue weighted by Crippen LogP contribution is -2.37. The Kier molecular flexibility index (Phi) is 18.5. The summed E-state index contributed by atoms with van der Waals surface area (Å²) in [5.41, 5.74) is 10.8. The third-order valence-corrected chi connectivity index (χ3v) is 13.2. The number of aryl methyl sites for hydroxylation is 3. The smallest absolute Gasteiger partial charge is 0.338 e. The first-order valence-electron chi connectivity index (χ1n) is 23.5. The second kappa shape index (κ2) is 23.7. The Morgan fingerprint density at radius 2 is 1.34 bits per heavy atom. The number of aromatic amines is 2. The molecule has 8 bridgehead atoms. The zero-order chi connectivity index (χ0) is 46.5. The van der Waals surface area contributed by atoms with Gasteiger partial charge in [-0.25, -0.2) is 9.78 Å². The van der Waals surface area contributed by atoms with Crippen LogP contribution in [0.25, 0.3) is 39.3 Å². The number of nitrogens with zero attached hydrogens (tertiary/aromatic N) is 4. The van der Waals surface area contributed by atoms with Gasteiger partial charge in [0, 0.05) is 110 Å². The second-order valence-electron chi connectivity index (χ2n) is 17.0. The largest absolute Gasteiger partial charge is 0.478 e. The molecular weight excluding hydrogens is 805 g/mol. The zero-order valence-corrected chi connectivity index (χ0v) is 39.9. The number of fused-ring (bicyclic) bond motifs is 8. The second-order valence-corrected chi connectivity index (χ2v) is 17.0. The number of hydrogen-bond acceptors (Lipinski definition) is 9. The number of carbonyl (C=O) groups excluding carboxylic acids is 2. The van der Waals surface area contributed by atoms with Gasteiger partial charge in [-0.05, 0) is 100 Å². The van der Waals surface area contributed by atoms with Crippen molar-refractivity contribution in [1.82, 2.24) is 51.0 Å². The van der Waals surface area contributed by atoms with Gasteiger partial charge in [-0.1, -0.05) is 54.2 Å². The maximum absolute atomic E-state index is 14.1. The number of carboxylic acids is 1. The Bertz CT molecular complexity index is 2340. The van der Waals surface area contributed by atoms with Crippen LogP contribution >= 0.6 is 0 Å². The molecule has 3 aromatic rings. The summed E-state index contributed by atoms with van der Waals surface area (Å²) in [6.45, 7) is 32.5. The summed E-state index contributed by atoms with van der Waals surface area (Å²) >= 11 is 0. The van der Waals surface area contributed by atoms with Gasteiger partial charge in [0.2, 0.25) is 11.8 Å². The lowest BCUT2D eigenvalue weighted by Gasteiger charge is -2.19. The molecule has 14 heteroatoms. The summed E-state index contributed by atoms with van der Waals surface area (Å²) in [5, 5.41) is 23.9. The van der Waals surface area contributed by atoms with E-state index in [9.17, 15) is 19.5 Å². The molecule has 2 amide bonds. The molecule has 7 N–H and O–H groups in total. The molecule has 2 atom stereocenters. The highest BCUT2D eigenvalue weighted by Crippen LogP contribution is 2.43. The fourth-order valence-electron chi connectivity index (χ4n) is 9.08. The van der Waals surface area contributed by atoms with Crippen molar-refractivity contribution in [2.45, 2.75) is 99.8 Å². The van der Waals surface area contributed by atoms with Gasteiger partial charge in [0.1, 0.15) is 0 Å². The number of likely N-dealkylation sites (N-methyl/N-ethyl adjacent to an activating group) is 2. The fraction of sp³-hybridized carbons (Fsp3) is 0.540. The number of carboxylic acid groups (broad SMARTS) is 1. The zero-order valence-electron chi connectivity index (χ0n) is 39.9. The van der Waals surface area contributed by atoms with Crippen LogP contribution < -0.4 is 21.3 Å². The molecule has 0 radical (unpaired) electrons. The summed E-state index contributed by atoms with van der Waals surface area (Å²) in [5.74, 6) is -1.95. The molecule has 0 saturated carbocycles. The Morgan fingerprint density at radius 3 is 1.92 bits per heavy atom. The molecule has 3 aromatic heterocycles. The maximum atomic E-state index is 14.1. The predicted octanol–water partition coefficient (Wildman–Crippen LogP) is 6.46. The number of aliphatic carboxylic acids is 1. The van der Waals surface area contributed by atoms with Crippen molar-refractivity contribution >= 4 is 57.1 Å². The van der Waals surface area contributed by atoms with E-state index in [0.717, 1.165) is 109 Å². The Morgan fingerprint density at radius 1 is 0.750 bits per heavy atom. The Balaban J connectivity index is 1.62. The number of aromatic nitrogens is 4. The summed E-state index contributed by atoms with van der Waals surface area (Å²) in [6, 6.07) is 6.07. The molecule has 2 aliphatic heterocycles. The minimum Gasteiger partial charge on any atom is -0.478 e. The quantitative estimate of drug-likeness (QED) is 0.0494. The number of H-pyrrole nitrogens is 2. The summed E-state index contributed by atoms with van der Waals surface area (Å²) < 4.78 is 0. The molecule has 5 rings (SSSR count). The van der Waals surface area contributed by atoms with Gasteiger partial charge < -0.3 is 46.1 Å². The third-order valence-electron chi connectivity index (χ3n) is 13.2. The van der Waals surface area contributed by atoms with Gasteiger partial charge in [0.15, 0.2) is 0 Å². The molecule has 64 heavy (non-hydrogen) atoms. The van der Waals surface area contributed by atoms with E-state index >= 15 is 0 Å². The lowest BCUT2D eigenvalue weighted by atomic mass is 9.84. The first-order valence-corrected chi connectivity index (χ1v) is 23.5. The van der Waals surface area contributed by atoms with Gasteiger partial charge in [-0.15, -0.1) is 0 Å². The van der Waals surface area contributed by atoms with E-state index in [-0.39, 0.29) is 47.8 Å². The van der Waals surface area contributed by atoms with E-state index in [4.69, 9.17) is 9.97 Å². The third kappa shape index (κ3) is 11.9. The number of nitrogens with one attached hydrogen (secondary N) is 6. The van der Waals surface area contributed by atoms with Crippen molar-refractivity contribution in [2.75, 3.05) is 78.5 Å². The van der Waals surface area contributed by atoms with Gasteiger partial charge in [-0.3, -0.25) is 14.6 Å². The highest BCUT2D eigenvalue weighted by atomic mass is 16.4. The molecule has 0 fully saturated rings. The molecular formula is C50H74N10O4. The Labute approximate surface area is 380 Å². The van der Waals surface area contributed by atoms with E-state index in [2.05, 4.69) is 109 Å². The molecule has 2 aliphatic rings. The van der Waals surface area contributed by atoms with E-state index in [1.807, 2.05) is 18.2 Å². The highest BCUT2D eigenvalue weighted by molar-refractivity contribution is 6.24. The minimum atomic E-state index is -1.13. The number of hydrogen-bond donors (Lipinski definition) is 7. The van der Waals surface area contributed by atoms with Gasteiger partial charge in [0.25, 0.3) is 0 Å². The van der Waals surface area contributed by atoms with E-state index in [1.54, 1.807) is 6.92 Å². The lowest BCUT2D eigenvalue weighted by molar-refractivity contribution is -0.130. The van der Waals surface area contributed by atoms with Crippen molar-refractivity contribution in [3.8, 4) is 0 Å². The molecule has 5 heterocycles. The van der Waals surface area contributed by atoms with Crippen LogP contribution in [0, 0.1) is 13.8 Å². The molecule has 14 nitrogen and oxygen atoms in total. The topological polar surface area (TPSA) is 183 Å². The number of rotatable bonds is 24. The van der Waals surface area contributed by atoms with Crippen LogP contribution in [0.2, 0.25) is 0 Å². The van der Waals surface area contributed by atoms with E-state index < -0.39 is 5.97 Å². The normalized spacial score (nSPS) is 15.0. The average molecular weight is 879 g/mol. The average Bonchev–Trinajstić information content (AvgIpc) is 3.96. The van der Waals surface area contributed by atoms with Crippen molar-refractivity contribution in [3.05, 3.63) is 75.4 Å². The van der Waals surface area contributed by atoms with Crippen molar-refractivity contribution in [1.29, 1.82) is 0 Å². The first kappa shape index (κ1) is 49.9. The number of carbonyl (C=O) groups is 3. The predicted molar refractivity (Wildman–Crippen MR) is 261 cm³/mol. The maximum Gasteiger partial charge on any atom is 0.338 e. The van der Waals surface area contributed by atoms with Crippen LogP contribution in [-0.2, 0) is 27.2 Å². The van der Waals surface area contributed by atoms with Crippen LogP contribution in [0.5, 0.6) is 0 Å². The van der Waals surface area contributed by atoms with Crippen LogP contribution in [0.1, 0.15) is 124 Å². The van der Waals surface area contributed by atoms with Crippen LogP contribution in [0.15, 0.2) is 24.8 Å². The van der Waals surface area contributed by atoms with Crippen LogP contribution in [0.3, 0.4) is 0 Å². The molecule has 0 aliphatic carbocycles. The monoisotopic (exact) mass is 879 g/mol. The highest BCUT2D eigenvalue weighted by Gasteiger charge is 2.35. The van der Waals surface area contributed by atoms with Crippen molar-refractivity contribution < 1.29 is 19.5 Å². The molecule has 0 saturated heterocycles. The van der Waals surface area contributed by atoms with E-state index in [1.165, 1.54) is 0 Å². The number of amides is 2. The SMILES string of the molecule is C=Cc1c(C)c2cc3nc(c(CC(=O)NCCNCCN(CC)CC)c4nc(cc5[nH]c(cc1[nH]2)c(C)c5CC)C(C)=C4C(=O)O)C(CCC(=O)NCCNCCN(CC)CC)[C@@H]3C. The van der Waals surface area contributed by atoms with Gasteiger partial charge in [0.05, 0.1) is 29.1 Å². The molecule has 1 unspecified atom stereocenters. The van der Waals surface area contributed by atoms with Crippen molar-refractivity contribution in [3.63, 3.8) is 0 Å². The Hall–Kier alpha value is -5.15. The summed E-state index contributed by atoms with van der Waals surface area (Å²) in [7, 11) is 0. The van der Waals surface area contributed by atoms with Gasteiger partial charge >= 0.3 is 5.97 Å². The molecule has 0 aromatic carbocycles. The molecule has 0 spiro atoms. The standard InChI is InChI=1S/C50H74N10O4/c1-11-35-31(7)39-28-41-33(9)37(17-18-45(61)53-21-19-51-23-25-59(13-3)14-4)48(57-41)38(27-46(62)54-22-20-52-24-26-60(15-5)16-6)49-47(50(63)64)34(10)42(58-49)30-44-36(12-2)32(8)40(56-44)29-43(35)55-39/h11,28-30,33,37,51-52,55-56H,1,12-27H2,2-10H3,(H,53,61)(H,54,62)(H,63,64)/t33-,37?/m0/s1. The van der Waals surface area contributed by atoms with E-state index in [0.29, 0.717) is 55.1 Å². The summed E-state index contributed by atoms with van der Waals surface area (Å²) in [6.07, 6.45) is 3.14.